The summed E-state index contributed by atoms with van der Waals surface area (Å²) in [6, 6.07) is 10.8. The van der Waals surface area contributed by atoms with Gasteiger partial charge in [-0.25, -0.2) is 0 Å². The van der Waals surface area contributed by atoms with Crippen molar-refractivity contribution in [3.8, 4) is 0 Å². The normalized spacial score (nSPS) is 13.2. The van der Waals surface area contributed by atoms with Gasteiger partial charge in [0.2, 0.25) is 0 Å². The fourth-order valence-electron chi connectivity index (χ4n) is 5.02. The smallest absolute Gasteiger partial charge is 0.0476 e. The molecule has 0 heterocycles. The van der Waals surface area contributed by atoms with E-state index in [0.29, 0.717) is 0 Å². The average molecular weight is 513 g/mol. The zero-order chi connectivity index (χ0) is 22.6. The number of hydrogen-bond donors (Lipinski definition) is 1. The van der Waals surface area contributed by atoms with Crippen molar-refractivity contribution in [1.29, 1.82) is 0 Å². The first-order valence-electron chi connectivity index (χ1n) is 13.5. The lowest BCUT2D eigenvalue weighted by molar-refractivity contribution is 0.0934. The summed E-state index contributed by atoms with van der Waals surface area (Å²) in [5.41, 5.74) is 1.31. The van der Waals surface area contributed by atoms with Gasteiger partial charge in [0.15, 0.2) is 0 Å². The summed E-state index contributed by atoms with van der Waals surface area (Å²) in [5, 5.41) is 9.72. The molecule has 0 saturated carbocycles. The van der Waals surface area contributed by atoms with Gasteiger partial charge < -0.3 is 5.11 Å². The van der Waals surface area contributed by atoms with Crippen molar-refractivity contribution < 1.29 is 5.11 Å². The number of benzene rings is 1. The Morgan fingerprint density at radius 3 is 1.41 bits per heavy atom. The lowest BCUT2D eigenvalue weighted by Gasteiger charge is -2.40. The van der Waals surface area contributed by atoms with Crippen LogP contribution in [0.1, 0.15) is 128 Å². The van der Waals surface area contributed by atoms with Crippen LogP contribution in [-0.2, 0) is 5.54 Å². The lowest BCUT2D eigenvalue weighted by atomic mass is 9.81. The Balaban J connectivity index is 0.00000961. The Labute approximate surface area is 211 Å². The molecule has 0 aliphatic heterocycles. The molecule has 32 heavy (non-hydrogen) atoms. The zero-order valence-corrected chi connectivity index (χ0v) is 23.3. The summed E-state index contributed by atoms with van der Waals surface area (Å²) in [4.78, 5) is 2.32. The van der Waals surface area contributed by atoms with E-state index < -0.39 is 0 Å². The summed E-state index contributed by atoms with van der Waals surface area (Å²) in [6.45, 7) is 2.53. The van der Waals surface area contributed by atoms with E-state index in [1.807, 2.05) is 0 Å². The van der Waals surface area contributed by atoms with Gasteiger partial charge in [-0.2, -0.15) is 0 Å². The summed E-state index contributed by atoms with van der Waals surface area (Å²) in [7, 11) is 4.32. The average Bonchev–Trinajstić information content (AvgIpc) is 2.78. The van der Waals surface area contributed by atoms with E-state index in [4.69, 9.17) is 0 Å². The molecule has 3 heteroatoms. The predicted molar refractivity (Wildman–Crippen MR) is 148 cm³/mol. The molecular weight excluding hydrogens is 458 g/mol. The first-order valence-corrected chi connectivity index (χ1v) is 13.5. The van der Waals surface area contributed by atoms with Crippen molar-refractivity contribution in [3.63, 3.8) is 0 Å². The highest BCUT2D eigenvalue weighted by atomic mass is 79.9. The van der Waals surface area contributed by atoms with Crippen molar-refractivity contribution in [3.05, 3.63) is 35.9 Å². The van der Waals surface area contributed by atoms with Crippen LogP contribution in [0.4, 0.5) is 0 Å². The largest absolute Gasteiger partial charge is 0.396 e. The van der Waals surface area contributed by atoms with E-state index in [1.54, 1.807) is 0 Å². The summed E-state index contributed by atoms with van der Waals surface area (Å²) in [6.07, 6.45) is 24.4. The number of rotatable bonds is 21. The van der Waals surface area contributed by atoms with Gasteiger partial charge in [-0.05, 0) is 32.5 Å². The van der Waals surface area contributed by atoms with Gasteiger partial charge in [-0.15, -0.1) is 17.0 Å². The van der Waals surface area contributed by atoms with Crippen molar-refractivity contribution in [1.82, 2.24) is 4.90 Å². The molecule has 2 nitrogen and oxygen atoms in total. The number of aliphatic hydroxyl groups excluding tert-OH is 1. The molecule has 0 fully saturated rings. The van der Waals surface area contributed by atoms with Crippen LogP contribution in [0, 0.1) is 0 Å². The first-order chi connectivity index (χ1) is 15.2. The van der Waals surface area contributed by atoms with Crippen molar-refractivity contribution in [2.24, 2.45) is 0 Å². The SMILES string of the molecule is Br.CCCCCCCCCCCCCCCCCCC(CCO)(c1ccccc1)N(C)C. The maximum atomic E-state index is 9.72. The molecule has 1 aromatic rings. The molecule has 1 N–H and O–H groups in total. The van der Waals surface area contributed by atoms with Gasteiger partial charge in [-0.1, -0.05) is 140 Å². The second-order valence-electron chi connectivity index (χ2n) is 9.82. The van der Waals surface area contributed by atoms with Crippen LogP contribution in [0.25, 0.3) is 0 Å². The molecule has 0 bridgehead atoms. The van der Waals surface area contributed by atoms with Gasteiger partial charge in [0.1, 0.15) is 0 Å². The molecule has 0 radical (unpaired) electrons. The fourth-order valence-corrected chi connectivity index (χ4v) is 5.02. The van der Waals surface area contributed by atoms with Gasteiger partial charge in [-0.3, -0.25) is 4.90 Å². The molecule has 1 aromatic carbocycles. The molecule has 0 saturated heterocycles. The molecule has 1 unspecified atom stereocenters. The molecule has 0 aromatic heterocycles. The second kappa shape index (κ2) is 21.2. The third-order valence-corrected chi connectivity index (χ3v) is 7.14. The van der Waals surface area contributed by atoms with E-state index in [0.717, 1.165) is 12.8 Å². The maximum Gasteiger partial charge on any atom is 0.0476 e. The molecule has 0 spiro atoms. The summed E-state index contributed by atoms with van der Waals surface area (Å²) >= 11 is 0. The molecule has 0 aliphatic rings. The number of aliphatic hydroxyl groups is 1. The van der Waals surface area contributed by atoms with Gasteiger partial charge in [0, 0.05) is 12.1 Å². The van der Waals surface area contributed by atoms with E-state index >= 15 is 0 Å². The predicted octanol–water partition coefficient (Wildman–Crippen LogP) is 9.06. The standard InChI is InChI=1S/C29H53NO.BrH/c1-4-5-6-7-8-9-10-11-12-13-14-15-16-17-18-22-25-29(26-27-31,30(2)3)28-23-20-19-21-24-28;/h19-21,23-24,31H,4-18,22,25-27H2,1-3H3;1H. The van der Waals surface area contributed by atoms with E-state index in [2.05, 4.69) is 56.3 Å². The molecule has 0 amide bonds. The monoisotopic (exact) mass is 511 g/mol. The van der Waals surface area contributed by atoms with Crippen LogP contribution >= 0.6 is 17.0 Å². The zero-order valence-electron chi connectivity index (χ0n) is 21.6. The third kappa shape index (κ3) is 13.4. The minimum Gasteiger partial charge on any atom is -0.396 e. The van der Waals surface area contributed by atoms with Crippen molar-refractivity contribution >= 4 is 17.0 Å². The minimum absolute atomic E-state index is 0. The highest BCUT2D eigenvalue weighted by Crippen LogP contribution is 2.35. The van der Waals surface area contributed by atoms with Gasteiger partial charge >= 0.3 is 0 Å². The van der Waals surface area contributed by atoms with Gasteiger partial charge in [0.25, 0.3) is 0 Å². The Hall–Kier alpha value is -0.380. The quantitative estimate of drug-likeness (QED) is 0.166. The van der Waals surface area contributed by atoms with Crippen LogP contribution in [-0.4, -0.2) is 30.7 Å². The van der Waals surface area contributed by atoms with Crippen LogP contribution in [0.15, 0.2) is 30.3 Å². The number of halogens is 1. The molecule has 188 valence electrons. The maximum absolute atomic E-state index is 9.72. The van der Waals surface area contributed by atoms with Crippen molar-refractivity contribution in [2.75, 3.05) is 20.7 Å². The summed E-state index contributed by atoms with van der Waals surface area (Å²) < 4.78 is 0. The Kier molecular flexibility index (Phi) is 20.9. The number of hydrogen-bond acceptors (Lipinski definition) is 2. The second-order valence-corrected chi connectivity index (χ2v) is 9.82. The van der Waals surface area contributed by atoms with Crippen molar-refractivity contribution in [2.45, 2.75) is 128 Å². The van der Waals surface area contributed by atoms with Crippen LogP contribution in [0.2, 0.25) is 0 Å². The third-order valence-electron chi connectivity index (χ3n) is 7.14. The van der Waals surface area contributed by atoms with E-state index in [1.165, 1.54) is 108 Å². The lowest BCUT2D eigenvalue weighted by Crippen LogP contribution is -2.42. The topological polar surface area (TPSA) is 23.5 Å². The first kappa shape index (κ1) is 31.6. The molecule has 1 rings (SSSR count). The van der Waals surface area contributed by atoms with Crippen LogP contribution in [0.3, 0.4) is 0 Å². The Bertz CT molecular complexity index is 507. The highest BCUT2D eigenvalue weighted by molar-refractivity contribution is 8.93. The van der Waals surface area contributed by atoms with Crippen LogP contribution < -0.4 is 0 Å². The van der Waals surface area contributed by atoms with E-state index in [-0.39, 0.29) is 29.1 Å². The number of unbranched alkanes of at least 4 members (excludes halogenated alkanes) is 15. The molecular formula is C29H54BrNO. The van der Waals surface area contributed by atoms with E-state index in [9.17, 15) is 5.11 Å². The minimum atomic E-state index is -0.0357. The Morgan fingerprint density at radius 1 is 0.625 bits per heavy atom. The van der Waals surface area contributed by atoms with Crippen LogP contribution in [0.5, 0.6) is 0 Å². The molecule has 0 aliphatic carbocycles. The molecule has 1 atom stereocenters. The number of nitrogens with zero attached hydrogens (tertiary/aromatic N) is 1. The highest BCUT2D eigenvalue weighted by Gasteiger charge is 2.33. The fraction of sp³-hybridized carbons (Fsp3) is 0.793. The van der Waals surface area contributed by atoms with Gasteiger partial charge in [0.05, 0.1) is 0 Å². The summed E-state index contributed by atoms with van der Waals surface area (Å²) in [5.74, 6) is 0. The Morgan fingerprint density at radius 2 is 1.03 bits per heavy atom.